The molecule has 1 aromatic heterocycles. The number of hydrogen-bond acceptors (Lipinski definition) is 1. The van der Waals surface area contributed by atoms with Crippen molar-refractivity contribution in [2.24, 2.45) is 0 Å². The minimum atomic E-state index is -0.239. The van der Waals surface area contributed by atoms with Crippen molar-refractivity contribution in [2.45, 2.75) is 27.7 Å². The van der Waals surface area contributed by atoms with Crippen LogP contribution in [0.4, 0.5) is 4.39 Å². The molecule has 0 fully saturated rings. The Morgan fingerprint density at radius 2 is 1.79 bits per heavy atom. The monoisotopic (exact) mass is 196 g/mol. The van der Waals surface area contributed by atoms with Crippen molar-refractivity contribution in [3.8, 4) is 0 Å². The van der Waals surface area contributed by atoms with E-state index in [4.69, 9.17) is 0 Å². The Labute approximate surface area is 84.2 Å². The molecule has 14 heavy (non-hydrogen) atoms. The number of fused-ring (bicyclic) bond motifs is 1. The first-order valence-corrected chi connectivity index (χ1v) is 4.95. The van der Waals surface area contributed by atoms with Gasteiger partial charge in [0.1, 0.15) is 5.82 Å². The predicted molar refractivity (Wildman–Crippen MR) is 58.7 cm³/mol. The molecule has 0 bridgehead atoms. The van der Waals surface area contributed by atoms with Crippen molar-refractivity contribution >= 4 is 11.0 Å². The zero-order valence-corrected chi connectivity index (χ0v) is 9.13. The van der Waals surface area contributed by atoms with E-state index in [1.807, 2.05) is 27.7 Å². The van der Waals surface area contributed by atoms with Crippen LogP contribution in [0.3, 0.4) is 0 Å². The third kappa shape index (κ3) is 3.17. The van der Waals surface area contributed by atoms with Crippen LogP contribution in [0.15, 0.2) is 24.5 Å². The molecule has 0 atom stereocenters. The molecule has 3 heteroatoms. The number of halogens is 1. The number of hydrogen-bond donors (Lipinski definition) is 1. The van der Waals surface area contributed by atoms with Crippen LogP contribution in [-0.2, 0) is 0 Å². The van der Waals surface area contributed by atoms with E-state index in [1.54, 1.807) is 12.4 Å². The van der Waals surface area contributed by atoms with Crippen LogP contribution in [0, 0.1) is 5.82 Å². The molecule has 0 amide bonds. The van der Waals surface area contributed by atoms with Crippen molar-refractivity contribution < 1.29 is 4.39 Å². The van der Waals surface area contributed by atoms with Crippen LogP contribution >= 0.6 is 0 Å². The molecule has 2 aromatic rings. The van der Waals surface area contributed by atoms with Gasteiger partial charge in [0.2, 0.25) is 0 Å². The first kappa shape index (κ1) is 12.6. The third-order valence-electron chi connectivity index (χ3n) is 1.38. The van der Waals surface area contributed by atoms with Crippen molar-refractivity contribution in [1.82, 2.24) is 9.97 Å². The normalized spacial score (nSPS) is 8.36. The Hall–Kier alpha value is -1.38. The van der Waals surface area contributed by atoms with Crippen molar-refractivity contribution in [1.29, 1.82) is 0 Å². The van der Waals surface area contributed by atoms with Gasteiger partial charge in [0, 0.05) is 0 Å². The van der Waals surface area contributed by atoms with E-state index in [-0.39, 0.29) is 5.82 Å². The molecule has 2 nitrogen and oxygen atoms in total. The first-order valence-electron chi connectivity index (χ1n) is 4.95. The summed E-state index contributed by atoms with van der Waals surface area (Å²) in [4.78, 5) is 6.75. The quantitative estimate of drug-likeness (QED) is 0.683. The topological polar surface area (TPSA) is 28.7 Å². The van der Waals surface area contributed by atoms with E-state index in [1.165, 1.54) is 12.1 Å². The summed E-state index contributed by atoms with van der Waals surface area (Å²) >= 11 is 0. The smallest absolute Gasteiger partial charge is 0.125 e. The van der Waals surface area contributed by atoms with Crippen LogP contribution < -0.4 is 0 Å². The maximum absolute atomic E-state index is 12.5. The molecule has 0 aliphatic carbocycles. The second-order valence-corrected chi connectivity index (χ2v) is 2.06. The average molecular weight is 196 g/mol. The molecule has 1 aromatic carbocycles. The zero-order valence-electron chi connectivity index (χ0n) is 9.13. The van der Waals surface area contributed by atoms with E-state index in [9.17, 15) is 4.39 Å². The lowest BCUT2D eigenvalue weighted by Crippen LogP contribution is -1.72. The molecule has 78 valence electrons. The van der Waals surface area contributed by atoms with Gasteiger partial charge in [-0.25, -0.2) is 9.37 Å². The van der Waals surface area contributed by atoms with E-state index < -0.39 is 0 Å². The molecular formula is C11H17FN2. The molecule has 0 radical (unpaired) electrons. The molecule has 1 N–H and O–H groups in total. The van der Waals surface area contributed by atoms with Crippen LogP contribution in [0.25, 0.3) is 11.0 Å². The number of benzene rings is 1. The summed E-state index contributed by atoms with van der Waals surface area (Å²) < 4.78 is 12.5. The average Bonchev–Trinajstić information content (AvgIpc) is 2.71. The lowest BCUT2D eigenvalue weighted by Gasteiger charge is -1.86. The van der Waals surface area contributed by atoms with Crippen molar-refractivity contribution in [3.05, 3.63) is 30.3 Å². The van der Waals surface area contributed by atoms with Crippen LogP contribution in [-0.4, -0.2) is 9.97 Å². The van der Waals surface area contributed by atoms with Crippen molar-refractivity contribution in [3.63, 3.8) is 0 Å². The molecule has 2 rings (SSSR count). The SMILES string of the molecule is CC.CC.Fc1ccc2nc[nH]c2c1. The molecule has 0 unspecified atom stereocenters. The molecule has 0 spiro atoms. The van der Waals surface area contributed by atoms with E-state index >= 15 is 0 Å². The lowest BCUT2D eigenvalue weighted by molar-refractivity contribution is 0.629. The molecule has 0 aliphatic heterocycles. The van der Waals surface area contributed by atoms with Gasteiger partial charge < -0.3 is 4.98 Å². The number of aromatic amines is 1. The van der Waals surface area contributed by atoms with Crippen LogP contribution in [0.2, 0.25) is 0 Å². The molecule has 0 saturated carbocycles. The number of rotatable bonds is 0. The number of aromatic nitrogens is 2. The summed E-state index contributed by atoms with van der Waals surface area (Å²) in [6.45, 7) is 8.00. The summed E-state index contributed by atoms with van der Waals surface area (Å²) in [5, 5.41) is 0. The van der Waals surface area contributed by atoms with E-state index in [0.29, 0.717) is 0 Å². The van der Waals surface area contributed by atoms with Gasteiger partial charge in [-0.05, 0) is 18.2 Å². The Bertz CT molecular complexity index is 355. The maximum Gasteiger partial charge on any atom is 0.125 e. The maximum atomic E-state index is 12.5. The van der Waals surface area contributed by atoms with Crippen molar-refractivity contribution in [2.75, 3.05) is 0 Å². The summed E-state index contributed by atoms with van der Waals surface area (Å²) in [6, 6.07) is 4.45. The number of imidazole rings is 1. The van der Waals surface area contributed by atoms with E-state index in [2.05, 4.69) is 9.97 Å². The fourth-order valence-electron chi connectivity index (χ4n) is 0.908. The summed E-state index contributed by atoms with van der Waals surface area (Å²) in [5.41, 5.74) is 1.53. The summed E-state index contributed by atoms with van der Waals surface area (Å²) in [7, 11) is 0. The Balaban J connectivity index is 0.000000379. The van der Waals surface area contributed by atoms with Gasteiger partial charge in [-0.15, -0.1) is 0 Å². The zero-order chi connectivity index (χ0) is 11.0. The number of nitrogens with one attached hydrogen (secondary N) is 1. The standard InChI is InChI=1S/C7H5FN2.2C2H6/c8-5-1-2-6-7(3-5)10-4-9-6;2*1-2/h1-4H,(H,9,10);2*1-2H3. The highest BCUT2D eigenvalue weighted by atomic mass is 19.1. The van der Waals surface area contributed by atoms with Gasteiger partial charge in [-0.3, -0.25) is 0 Å². The van der Waals surface area contributed by atoms with Gasteiger partial charge in [0.05, 0.1) is 17.4 Å². The number of H-pyrrole nitrogens is 1. The van der Waals surface area contributed by atoms with Crippen LogP contribution in [0.1, 0.15) is 27.7 Å². The van der Waals surface area contributed by atoms with Gasteiger partial charge in [-0.2, -0.15) is 0 Å². The Kier molecular flexibility index (Phi) is 6.37. The highest BCUT2D eigenvalue weighted by Gasteiger charge is 1.94. The second-order valence-electron chi connectivity index (χ2n) is 2.06. The Morgan fingerprint density at radius 3 is 2.43 bits per heavy atom. The molecular weight excluding hydrogens is 179 g/mol. The lowest BCUT2D eigenvalue weighted by atomic mass is 10.3. The largest absolute Gasteiger partial charge is 0.345 e. The fraction of sp³-hybridized carbons (Fsp3) is 0.364. The fourth-order valence-corrected chi connectivity index (χ4v) is 0.908. The van der Waals surface area contributed by atoms with Gasteiger partial charge in [0.25, 0.3) is 0 Å². The summed E-state index contributed by atoms with van der Waals surface area (Å²) in [6.07, 6.45) is 1.55. The second kappa shape index (κ2) is 7.06. The molecule has 1 heterocycles. The third-order valence-corrected chi connectivity index (χ3v) is 1.38. The minimum Gasteiger partial charge on any atom is -0.345 e. The predicted octanol–water partition coefficient (Wildman–Crippen LogP) is 3.75. The highest BCUT2D eigenvalue weighted by Crippen LogP contribution is 2.09. The Morgan fingerprint density at radius 1 is 1.14 bits per heavy atom. The van der Waals surface area contributed by atoms with E-state index in [0.717, 1.165) is 11.0 Å². The summed E-state index contributed by atoms with van der Waals surface area (Å²) in [5.74, 6) is -0.239. The molecule has 0 saturated heterocycles. The minimum absolute atomic E-state index is 0.239. The highest BCUT2D eigenvalue weighted by molar-refractivity contribution is 5.73. The van der Waals surface area contributed by atoms with Gasteiger partial charge >= 0.3 is 0 Å². The molecule has 0 aliphatic rings. The van der Waals surface area contributed by atoms with Crippen LogP contribution in [0.5, 0.6) is 0 Å². The van der Waals surface area contributed by atoms with Gasteiger partial charge in [-0.1, -0.05) is 27.7 Å². The first-order chi connectivity index (χ1) is 6.86. The number of nitrogens with zero attached hydrogens (tertiary/aromatic N) is 1. The van der Waals surface area contributed by atoms with Gasteiger partial charge in [0.15, 0.2) is 0 Å².